The maximum Gasteiger partial charge on any atom is 0.163 e. The number of hydrogen-bond donors (Lipinski definition) is 0. The van der Waals surface area contributed by atoms with Crippen molar-refractivity contribution in [2.24, 2.45) is 5.41 Å². The van der Waals surface area contributed by atoms with Crippen LogP contribution in [-0.2, 0) is 4.79 Å². The van der Waals surface area contributed by atoms with E-state index in [9.17, 15) is 13.6 Å². The van der Waals surface area contributed by atoms with Gasteiger partial charge in [-0.2, -0.15) is 5.10 Å². The van der Waals surface area contributed by atoms with Crippen LogP contribution in [0, 0.1) is 17.0 Å². The van der Waals surface area contributed by atoms with Crippen LogP contribution in [0.5, 0.6) is 5.75 Å². The SMILES string of the molecule is CC(COc1ccc(F)c(F)c1)=C(C)CC(C(=O)C(C)(C)C)n1cncn1. The molecule has 2 rings (SSSR count). The number of carbonyl (C=O) groups is 1. The first-order chi connectivity index (χ1) is 12.6. The van der Waals surface area contributed by atoms with Gasteiger partial charge >= 0.3 is 0 Å². The first-order valence-corrected chi connectivity index (χ1v) is 8.71. The molecule has 27 heavy (non-hydrogen) atoms. The third-order valence-electron chi connectivity index (χ3n) is 4.37. The lowest BCUT2D eigenvalue weighted by molar-refractivity contribution is -0.130. The van der Waals surface area contributed by atoms with E-state index in [-0.39, 0.29) is 18.1 Å². The lowest BCUT2D eigenvalue weighted by Gasteiger charge is -2.25. The van der Waals surface area contributed by atoms with Crippen LogP contribution in [0.4, 0.5) is 8.78 Å². The molecule has 0 aliphatic carbocycles. The van der Waals surface area contributed by atoms with Crippen LogP contribution in [-0.4, -0.2) is 27.2 Å². The molecule has 146 valence electrons. The highest BCUT2D eigenvalue weighted by Crippen LogP contribution is 2.28. The lowest BCUT2D eigenvalue weighted by atomic mass is 9.84. The largest absolute Gasteiger partial charge is 0.489 e. The second-order valence-electron chi connectivity index (χ2n) is 7.63. The summed E-state index contributed by atoms with van der Waals surface area (Å²) >= 11 is 0. The molecule has 1 unspecified atom stereocenters. The van der Waals surface area contributed by atoms with Gasteiger partial charge in [0.1, 0.15) is 31.1 Å². The van der Waals surface area contributed by atoms with Gasteiger partial charge in [-0.3, -0.25) is 4.79 Å². The van der Waals surface area contributed by atoms with E-state index < -0.39 is 23.1 Å². The topological polar surface area (TPSA) is 57.0 Å². The lowest BCUT2D eigenvalue weighted by Crippen LogP contribution is -2.31. The van der Waals surface area contributed by atoms with Gasteiger partial charge in [-0.25, -0.2) is 18.4 Å². The highest BCUT2D eigenvalue weighted by atomic mass is 19.2. The Bertz CT molecular complexity index is 824. The number of allylic oxidation sites excluding steroid dienone is 1. The van der Waals surface area contributed by atoms with E-state index in [0.29, 0.717) is 6.42 Å². The number of benzene rings is 1. The molecule has 1 aromatic heterocycles. The molecule has 5 nitrogen and oxygen atoms in total. The number of hydrogen-bond acceptors (Lipinski definition) is 4. The van der Waals surface area contributed by atoms with Gasteiger partial charge in [0.05, 0.1) is 0 Å². The molecule has 2 aromatic rings. The van der Waals surface area contributed by atoms with Crippen molar-refractivity contribution in [3.05, 3.63) is 53.6 Å². The Morgan fingerprint density at radius 1 is 1.19 bits per heavy atom. The summed E-state index contributed by atoms with van der Waals surface area (Å²) < 4.78 is 33.4. The number of halogens is 2. The summed E-state index contributed by atoms with van der Waals surface area (Å²) in [4.78, 5) is 16.8. The second-order valence-corrected chi connectivity index (χ2v) is 7.63. The summed E-state index contributed by atoms with van der Waals surface area (Å²) in [6, 6.07) is 2.95. The minimum absolute atomic E-state index is 0.0571. The fraction of sp³-hybridized carbons (Fsp3) is 0.450. The molecule has 0 radical (unpaired) electrons. The van der Waals surface area contributed by atoms with Gasteiger partial charge in [-0.15, -0.1) is 0 Å². The van der Waals surface area contributed by atoms with Crippen molar-refractivity contribution in [1.29, 1.82) is 0 Å². The van der Waals surface area contributed by atoms with Gasteiger partial charge in [0.15, 0.2) is 17.4 Å². The van der Waals surface area contributed by atoms with E-state index in [4.69, 9.17) is 4.74 Å². The van der Waals surface area contributed by atoms with Crippen LogP contribution in [0.2, 0.25) is 0 Å². The predicted octanol–water partition coefficient (Wildman–Crippen LogP) is 4.52. The molecule has 0 aliphatic rings. The van der Waals surface area contributed by atoms with Gasteiger partial charge in [0.25, 0.3) is 0 Å². The van der Waals surface area contributed by atoms with Crippen LogP contribution in [0.25, 0.3) is 0 Å². The van der Waals surface area contributed by atoms with Crippen LogP contribution >= 0.6 is 0 Å². The van der Waals surface area contributed by atoms with Crippen LogP contribution in [0.1, 0.15) is 47.1 Å². The van der Waals surface area contributed by atoms with E-state index in [2.05, 4.69) is 10.1 Å². The summed E-state index contributed by atoms with van der Waals surface area (Å²) in [6.07, 6.45) is 3.40. The molecule has 1 heterocycles. The molecule has 0 N–H and O–H groups in total. The average Bonchev–Trinajstić information content (AvgIpc) is 3.13. The monoisotopic (exact) mass is 377 g/mol. The Morgan fingerprint density at radius 2 is 1.89 bits per heavy atom. The molecular weight excluding hydrogens is 352 g/mol. The number of ether oxygens (including phenoxy) is 1. The molecule has 0 saturated carbocycles. The molecule has 0 spiro atoms. The zero-order chi connectivity index (χ0) is 20.2. The van der Waals surface area contributed by atoms with Crippen molar-refractivity contribution < 1.29 is 18.3 Å². The van der Waals surface area contributed by atoms with E-state index in [1.165, 1.54) is 18.7 Å². The van der Waals surface area contributed by atoms with Crippen molar-refractivity contribution in [1.82, 2.24) is 14.8 Å². The van der Waals surface area contributed by atoms with E-state index in [0.717, 1.165) is 23.3 Å². The Balaban J connectivity index is 2.13. The highest BCUT2D eigenvalue weighted by molar-refractivity contribution is 5.87. The number of nitrogens with zero attached hydrogens (tertiary/aromatic N) is 3. The number of carbonyl (C=O) groups excluding carboxylic acids is 1. The van der Waals surface area contributed by atoms with Gasteiger partial charge in [0, 0.05) is 11.5 Å². The Hall–Kier alpha value is -2.57. The number of rotatable bonds is 7. The van der Waals surface area contributed by atoms with Gasteiger partial charge in [-0.1, -0.05) is 26.3 Å². The summed E-state index contributed by atoms with van der Waals surface area (Å²) in [5.41, 5.74) is 1.36. The van der Waals surface area contributed by atoms with Crippen LogP contribution < -0.4 is 4.74 Å². The molecule has 1 atom stereocenters. The van der Waals surface area contributed by atoms with Crippen molar-refractivity contribution >= 4 is 5.78 Å². The fourth-order valence-corrected chi connectivity index (χ4v) is 2.53. The zero-order valence-electron chi connectivity index (χ0n) is 16.3. The van der Waals surface area contributed by atoms with Crippen molar-refractivity contribution in [3.8, 4) is 5.75 Å². The molecule has 0 amide bonds. The third-order valence-corrected chi connectivity index (χ3v) is 4.37. The Kier molecular flexibility index (Phi) is 6.46. The molecule has 0 aliphatic heterocycles. The third kappa shape index (κ3) is 5.45. The standard InChI is InChI=1S/C20H25F2N3O2/c1-13(14(2)10-27-15-6-7-16(21)17(22)9-15)8-18(19(26)20(3,4)5)25-12-23-11-24-25/h6-7,9,11-12,18H,8,10H2,1-5H3. The molecular formula is C20H25F2N3O2. The molecule has 7 heteroatoms. The van der Waals surface area contributed by atoms with Gasteiger partial charge in [-0.05, 0) is 38.0 Å². The average molecular weight is 377 g/mol. The minimum atomic E-state index is -0.951. The smallest absolute Gasteiger partial charge is 0.163 e. The van der Waals surface area contributed by atoms with Crippen LogP contribution in [0.15, 0.2) is 42.0 Å². The summed E-state index contributed by atoms with van der Waals surface area (Å²) in [6.45, 7) is 9.63. The zero-order valence-corrected chi connectivity index (χ0v) is 16.3. The van der Waals surface area contributed by atoms with E-state index in [1.54, 1.807) is 4.68 Å². The normalized spacial score (nSPS) is 13.9. The number of ketones is 1. The highest BCUT2D eigenvalue weighted by Gasteiger charge is 2.31. The number of aromatic nitrogens is 3. The van der Waals surface area contributed by atoms with Gasteiger partial charge in [0.2, 0.25) is 0 Å². The van der Waals surface area contributed by atoms with Crippen molar-refractivity contribution in [2.75, 3.05) is 6.61 Å². The first-order valence-electron chi connectivity index (χ1n) is 8.71. The predicted molar refractivity (Wildman–Crippen MR) is 98.4 cm³/mol. The Labute approximate surface area is 158 Å². The summed E-state index contributed by atoms with van der Waals surface area (Å²) in [5, 5.41) is 4.13. The minimum Gasteiger partial charge on any atom is -0.489 e. The van der Waals surface area contributed by atoms with Gasteiger partial charge < -0.3 is 4.74 Å². The Morgan fingerprint density at radius 3 is 2.44 bits per heavy atom. The quantitative estimate of drug-likeness (QED) is 0.666. The van der Waals surface area contributed by atoms with Crippen molar-refractivity contribution in [2.45, 2.75) is 47.1 Å². The van der Waals surface area contributed by atoms with Crippen molar-refractivity contribution in [3.63, 3.8) is 0 Å². The molecule has 0 bridgehead atoms. The molecule has 0 fully saturated rings. The molecule has 1 aromatic carbocycles. The fourth-order valence-electron chi connectivity index (χ4n) is 2.53. The van der Waals surface area contributed by atoms with E-state index in [1.807, 2.05) is 34.6 Å². The van der Waals surface area contributed by atoms with E-state index >= 15 is 0 Å². The first kappa shape index (κ1) is 20.7. The van der Waals surface area contributed by atoms with Crippen LogP contribution in [0.3, 0.4) is 0 Å². The maximum atomic E-state index is 13.3. The summed E-state index contributed by atoms with van der Waals surface area (Å²) in [7, 11) is 0. The summed E-state index contributed by atoms with van der Waals surface area (Å²) in [5.74, 6) is -1.56. The second kappa shape index (κ2) is 8.41. The molecule has 0 saturated heterocycles. The maximum absolute atomic E-state index is 13.3. The number of Topliss-reactive ketones (excluding diaryl/α,β-unsaturated/α-hetero) is 1.